The number of halogens is 6. The predicted molar refractivity (Wildman–Crippen MR) is 42.1 cm³/mol. The Morgan fingerprint density at radius 1 is 0.750 bits per heavy atom. The first-order valence-corrected chi connectivity index (χ1v) is 4.23. The molecule has 0 aromatic rings. The van der Waals surface area contributed by atoms with Crippen molar-refractivity contribution in [1.82, 2.24) is 0 Å². The van der Waals surface area contributed by atoms with Crippen LogP contribution < -0.4 is 0 Å². The van der Waals surface area contributed by atoms with Crippen molar-refractivity contribution in [2.45, 2.75) is 0 Å². The monoisotopic (exact) mass is 268 g/mol. The molecule has 16 heavy (non-hydrogen) atoms. The van der Waals surface area contributed by atoms with E-state index in [2.05, 4.69) is 0 Å². The fraction of sp³-hybridized carbons (Fsp3) is 0. The molecule has 0 atom stereocenters. The minimum atomic E-state index is -4.64. The first kappa shape index (κ1) is 21.1. The molecule has 0 aliphatic carbocycles. The van der Waals surface area contributed by atoms with Crippen LogP contribution in [0.15, 0.2) is 23.8 Å². The van der Waals surface area contributed by atoms with Crippen LogP contribution in [-0.4, -0.2) is 33.5 Å². The van der Waals surface area contributed by atoms with Crippen LogP contribution >= 0.6 is 7.82 Å². The third kappa shape index (κ3) is 16.2. The molecule has 3 N–H and O–H groups in total. The molecule has 0 amide bonds. The summed E-state index contributed by atoms with van der Waals surface area (Å²) in [5, 5.41) is 0. The second kappa shape index (κ2) is 8.87. The van der Waals surface area contributed by atoms with Gasteiger partial charge in [-0.1, -0.05) is 0 Å². The van der Waals surface area contributed by atoms with Crippen LogP contribution in [0, 0.1) is 0 Å². The zero-order valence-corrected chi connectivity index (χ0v) is 7.36. The van der Waals surface area contributed by atoms with Gasteiger partial charge in [-0.2, -0.15) is 26.3 Å². The van der Waals surface area contributed by atoms with Gasteiger partial charge < -0.3 is 14.7 Å². The zero-order chi connectivity index (χ0) is 12.8. The molecule has 0 heterocycles. The van der Waals surface area contributed by atoms with Crippen LogP contribution in [0.4, 0.5) is 26.3 Å². The van der Waals surface area contributed by atoms with Crippen molar-refractivity contribution in [3.05, 3.63) is 23.8 Å². The average molecular weight is 268 g/mol. The molecule has 4 nitrogen and oxygen atoms in total. The molecule has 0 bridgehead atoms. The van der Waals surface area contributed by atoms with Gasteiger partial charge in [0.2, 0.25) is 11.7 Å². The van der Waals surface area contributed by atoms with Crippen LogP contribution in [0.2, 0.25) is 0 Å². The van der Waals surface area contributed by atoms with Crippen LogP contribution in [0.3, 0.4) is 0 Å². The number of rotatable bonds is 1. The summed E-state index contributed by atoms with van der Waals surface area (Å²) < 4.78 is 75.4. The second-order valence-electron chi connectivity index (χ2n) is 1.66. The molecule has 0 spiro atoms. The maximum absolute atomic E-state index is 11.4. The van der Waals surface area contributed by atoms with Gasteiger partial charge in [0.1, 0.15) is 0 Å². The van der Waals surface area contributed by atoms with Gasteiger partial charge in [-0.15, -0.1) is 0 Å². The summed E-state index contributed by atoms with van der Waals surface area (Å²) in [7, 11) is -4.64. The molecule has 0 fully saturated rings. The maximum atomic E-state index is 11.4. The summed E-state index contributed by atoms with van der Waals surface area (Å²) in [4.78, 5) is 21.6. The first-order valence-electron chi connectivity index (χ1n) is 2.67. The van der Waals surface area contributed by atoms with Crippen molar-refractivity contribution in [3.63, 3.8) is 0 Å². The van der Waals surface area contributed by atoms with Gasteiger partial charge in [-0.25, -0.2) is 4.57 Å². The summed E-state index contributed by atoms with van der Waals surface area (Å²) in [5.74, 6) is -5.64. The van der Waals surface area contributed by atoms with Crippen molar-refractivity contribution >= 4 is 26.7 Å². The van der Waals surface area contributed by atoms with Gasteiger partial charge in [0.25, 0.3) is 0 Å². The fourth-order valence-electron chi connectivity index (χ4n) is 0.166. The van der Waals surface area contributed by atoms with E-state index in [-0.39, 0.29) is 18.9 Å². The van der Waals surface area contributed by atoms with Crippen molar-refractivity contribution in [3.8, 4) is 0 Å². The molecule has 0 aromatic carbocycles. The minimum absolute atomic E-state index is 0. The Morgan fingerprint density at radius 2 is 0.875 bits per heavy atom. The van der Waals surface area contributed by atoms with E-state index in [1.807, 2.05) is 0 Å². The van der Waals surface area contributed by atoms with Gasteiger partial charge in [0.05, 0.1) is 0 Å². The molecule has 0 saturated carbocycles. The molecule has 0 aromatic heterocycles. The van der Waals surface area contributed by atoms with Crippen LogP contribution in [0.1, 0.15) is 0 Å². The molecule has 0 unspecified atom stereocenters. The Kier molecular flexibility index (Phi) is 11.7. The number of hydrogen-bond donors (Lipinski definition) is 3. The van der Waals surface area contributed by atoms with Crippen LogP contribution in [0.25, 0.3) is 0 Å². The topological polar surface area (TPSA) is 77.8 Å². The van der Waals surface area contributed by atoms with E-state index in [1.54, 1.807) is 0 Å². The summed E-state index contributed by atoms with van der Waals surface area (Å²) in [6, 6.07) is 0. The molecular weight excluding hydrogens is 264 g/mol. The van der Waals surface area contributed by atoms with E-state index in [9.17, 15) is 26.3 Å². The Balaban J connectivity index is -0.000000242. The molecule has 12 heteroatoms. The molecule has 0 aliphatic heterocycles. The quantitative estimate of drug-likeness (QED) is 0.292. The fourth-order valence-corrected chi connectivity index (χ4v) is 0.166. The van der Waals surface area contributed by atoms with E-state index < -0.39 is 31.6 Å². The van der Waals surface area contributed by atoms with E-state index in [1.165, 1.54) is 0 Å². The summed E-state index contributed by atoms with van der Waals surface area (Å²) in [6.45, 7) is 0. The number of allylic oxidation sites excluding steroid dienone is 2. The normalized spacial score (nSPS) is 9.31. The van der Waals surface area contributed by atoms with E-state index in [4.69, 9.17) is 19.2 Å². The molecule has 0 aliphatic rings. The van der Waals surface area contributed by atoms with E-state index in [0.717, 1.165) is 0 Å². The average Bonchev–Trinajstić information content (AvgIpc) is 1.98. The molecule has 0 rings (SSSR count). The third-order valence-electron chi connectivity index (χ3n) is 0.525. The van der Waals surface area contributed by atoms with Crippen LogP contribution in [0.5, 0.6) is 0 Å². The van der Waals surface area contributed by atoms with Crippen molar-refractivity contribution in [2.75, 3.05) is 0 Å². The SMILES string of the molecule is FC(F)=C(F)C(F)=C(F)F.O=P(O)(O)O.[LiH]. The van der Waals surface area contributed by atoms with Gasteiger partial charge in [0.15, 0.2) is 0 Å². The van der Waals surface area contributed by atoms with Gasteiger partial charge in [-0.05, 0) is 0 Å². The summed E-state index contributed by atoms with van der Waals surface area (Å²) in [5.41, 5.74) is 0. The van der Waals surface area contributed by atoms with Gasteiger partial charge >= 0.3 is 38.8 Å². The predicted octanol–water partition coefficient (Wildman–Crippen LogP) is 1.56. The standard InChI is InChI=1S/C4F6.Li.H3O4P.H/c5-1(3(7)8)2(6)4(9)10;;1-5(2,3)4;/h;;(H3,1,2,3,4);. The number of hydrogen-bond acceptors (Lipinski definition) is 1. The Morgan fingerprint density at radius 3 is 0.938 bits per heavy atom. The molecule has 0 radical (unpaired) electrons. The first-order chi connectivity index (χ1) is 6.46. The second-order valence-corrected chi connectivity index (χ2v) is 2.69. The van der Waals surface area contributed by atoms with Crippen molar-refractivity contribution < 1.29 is 45.6 Å². The van der Waals surface area contributed by atoms with Gasteiger partial charge in [-0.3, -0.25) is 0 Å². The molecular formula is C4H4F6LiO4P. The summed E-state index contributed by atoms with van der Waals surface area (Å²) >= 11 is 0. The zero-order valence-electron chi connectivity index (χ0n) is 6.46. The summed E-state index contributed by atoms with van der Waals surface area (Å²) in [6.07, 6.45) is -6.21. The van der Waals surface area contributed by atoms with E-state index in [0.29, 0.717) is 0 Å². The van der Waals surface area contributed by atoms with Gasteiger partial charge in [0, 0.05) is 0 Å². The molecule has 92 valence electrons. The molecule has 0 saturated heterocycles. The number of phosphoric acid groups is 1. The third-order valence-corrected chi connectivity index (χ3v) is 0.525. The Hall–Kier alpha value is -0.233. The van der Waals surface area contributed by atoms with Crippen molar-refractivity contribution in [1.29, 1.82) is 0 Å². The van der Waals surface area contributed by atoms with E-state index >= 15 is 0 Å². The Bertz CT molecular complexity index is 286. The van der Waals surface area contributed by atoms with Crippen molar-refractivity contribution in [2.24, 2.45) is 0 Å². The van der Waals surface area contributed by atoms with Crippen LogP contribution in [-0.2, 0) is 4.57 Å². The Labute approximate surface area is 96.7 Å².